The van der Waals surface area contributed by atoms with Crippen LogP contribution in [0.15, 0.2) is 30.5 Å². The van der Waals surface area contributed by atoms with Crippen LogP contribution in [0.3, 0.4) is 0 Å². The minimum absolute atomic E-state index is 0.287. The van der Waals surface area contributed by atoms with E-state index in [1.807, 2.05) is 6.92 Å². The molecule has 16 heavy (non-hydrogen) atoms. The Balaban J connectivity index is 3.10. The molecule has 0 saturated heterocycles. The summed E-state index contributed by atoms with van der Waals surface area (Å²) in [5, 5.41) is 7.02. The summed E-state index contributed by atoms with van der Waals surface area (Å²) in [5.41, 5.74) is 4.61. The molecule has 0 bridgehead atoms. The molecule has 0 aliphatic heterocycles. The monoisotopic (exact) mass is 228 g/mol. The Bertz CT molecular complexity index is 416. The topological polar surface area (TPSA) is 49.9 Å². The Morgan fingerprint density at radius 3 is 2.12 bits per heavy atom. The lowest BCUT2D eigenvalue weighted by Crippen LogP contribution is -2.23. The van der Waals surface area contributed by atoms with Gasteiger partial charge in [0.2, 0.25) is 0 Å². The number of alkyl halides is 3. The zero-order valence-corrected chi connectivity index (χ0v) is 8.60. The quantitative estimate of drug-likeness (QED) is 0.751. The van der Waals surface area contributed by atoms with E-state index in [4.69, 9.17) is 11.1 Å². The number of hydrogen-bond donors (Lipinski definition) is 2. The van der Waals surface area contributed by atoms with Crippen LogP contribution in [-0.4, -0.2) is 11.9 Å². The number of allylic oxidation sites excluding steroid dienone is 1. The Hall–Kier alpha value is -1.78. The minimum atomic E-state index is -4.68. The highest BCUT2D eigenvalue weighted by Crippen LogP contribution is 2.26. The highest BCUT2D eigenvalue weighted by molar-refractivity contribution is 6.24. The van der Waals surface area contributed by atoms with Crippen molar-refractivity contribution >= 4 is 11.3 Å². The summed E-state index contributed by atoms with van der Waals surface area (Å²) in [5.74, 6) is 0. The second-order valence-electron chi connectivity index (χ2n) is 3.32. The molecule has 0 spiro atoms. The summed E-state index contributed by atoms with van der Waals surface area (Å²) in [4.78, 5) is 0. The molecule has 0 saturated carbocycles. The van der Waals surface area contributed by atoms with Crippen molar-refractivity contribution in [1.29, 1.82) is 5.41 Å². The first-order valence-corrected chi connectivity index (χ1v) is 4.51. The van der Waals surface area contributed by atoms with Crippen molar-refractivity contribution in [3.05, 3.63) is 41.6 Å². The molecule has 0 amide bonds. The van der Waals surface area contributed by atoms with Gasteiger partial charge in [-0.1, -0.05) is 29.8 Å². The molecule has 1 aromatic carbocycles. The third-order valence-corrected chi connectivity index (χ3v) is 2.08. The van der Waals surface area contributed by atoms with Gasteiger partial charge in [-0.15, -0.1) is 0 Å². The standard InChI is InChI=1S/C11H11F3N2/c1-7-2-4-8(5-3-7)9(6-15)10(16)11(12,13)14/h2-6,16H,15H2,1H3/b9-6-,16-10?. The molecule has 0 aliphatic carbocycles. The predicted molar refractivity (Wildman–Crippen MR) is 57.1 cm³/mol. The first-order chi connectivity index (χ1) is 7.36. The normalized spacial score (nSPS) is 12.6. The summed E-state index contributed by atoms with van der Waals surface area (Å²) in [6.07, 6.45) is -3.88. The second-order valence-corrected chi connectivity index (χ2v) is 3.32. The number of nitrogens with one attached hydrogen (secondary N) is 1. The fourth-order valence-electron chi connectivity index (χ4n) is 1.21. The van der Waals surface area contributed by atoms with E-state index in [-0.39, 0.29) is 11.1 Å². The third-order valence-electron chi connectivity index (χ3n) is 2.08. The minimum Gasteiger partial charge on any atom is -0.404 e. The molecule has 0 aromatic heterocycles. The van der Waals surface area contributed by atoms with Gasteiger partial charge in [0.05, 0.1) is 0 Å². The molecule has 0 atom stereocenters. The summed E-state index contributed by atoms with van der Waals surface area (Å²) in [7, 11) is 0. The van der Waals surface area contributed by atoms with Crippen molar-refractivity contribution in [3.63, 3.8) is 0 Å². The summed E-state index contributed by atoms with van der Waals surface area (Å²) in [6.45, 7) is 1.82. The first-order valence-electron chi connectivity index (χ1n) is 4.51. The maximum atomic E-state index is 12.3. The number of aryl methyl sites for hydroxylation is 1. The molecule has 0 aliphatic rings. The van der Waals surface area contributed by atoms with Crippen LogP contribution in [0.25, 0.3) is 5.57 Å². The van der Waals surface area contributed by atoms with Crippen molar-refractivity contribution in [2.24, 2.45) is 5.73 Å². The lowest BCUT2D eigenvalue weighted by Gasteiger charge is -2.12. The Labute approximate surface area is 91.1 Å². The van der Waals surface area contributed by atoms with Gasteiger partial charge in [-0.25, -0.2) is 0 Å². The Kier molecular flexibility index (Phi) is 3.37. The predicted octanol–water partition coefficient (Wildman–Crippen LogP) is 2.88. The molecular formula is C11H11F3N2. The fourth-order valence-corrected chi connectivity index (χ4v) is 1.21. The van der Waals surface area contributed by atoms with Crippen molar-refractivity contribution in [2.75, 3.05) is 0 Å². The van der Waals surface area contributed by atoms with Crippen molar-refractivity contribution in [1.82, 2.24) is 0 Å². The van der Waals surface area contributed by atoms with Gasteiger partial charge in [-0.3, -0.25) is 5.41 Å². The lowest BCUT2D eigenvalue weighted by atomic mass is 10.0. The molecule has 0 fully saturated rings. The SMILES string of the molecule is Cc1ccc(/C(=C/N)C(=N)C(F)(F)F)cc1. The highest BCUT2D eigenvalue weighted by Gasteiger charge is 2.36. The van der Waals surface area contributed by atoms with Crippen LogP contribution in [0.5, 0.6) is 0 Å². The summed E-state index contributed by atoms with van der Waals surface area (Å²) >= 11 is 0. The van der Waals surface area contributed by atoms with Crippen LogP contribution in [0.2, 0.25) is 0 Å². The lowest BCUT2D eigenvalue weighted by molar-refractivity contribution is -0.0578. The molecule has 86 valence electrons. The Morgan fingerprint density at radius 2 is 1.75 bits per heavy atom. The molecular weight excluding hydrogens is 217 g/mol. The van der Waals surface area contributed by atoms with Crippen LogP contribution < -0.4 is 5.73 Å². The van der Waals surface area contributed by atoms with Gasteiger partial charge < -0.3 is 5.73 Å². The van der Waals surface area contributed by atoms with E-state index >= 15 is 0 Å². The van der Waals surface area contributed by atoms with Crippen LogP contribution >= 0.6 is 0 Å². The zero-order valence-electron chi connectivity index (χ0n) is 8.60. The molecule has 0 unspecified atom stereocenters. The van der Waals surface area contributed by atoms with E-state index in [0.717, 1.165) is 11.8 Å². The molecule has 0 radical (unpaired) electrons. The molecule has 2 nitrogen and oxygen atoms in total. The largest absolute Gasteiger partial charge is 0.433 e. The molecule has 3 N–H and O–H groups in total. The number of halogens is 3. The molecule has 1 aromatic rings. The van der Waals surface area contributed by atoms with Gasteiger partial charge in [-0.05, 0) is 12.5 Å². The van der Waals surface area contributed by atoms with Crippen LogP contribution in [0, 0.1) is 12.3 Å². The van der Waals surface area contributed by atoms with Gasteiger partial charge in [0.25, 0.3) is 0 Å². The second kappa shape index (κ2) is 4.38. The van der Waals surface area contributed by atoms with E-state index in [0.29, 0.717) is 0 Å². The van der Waals surface area contributed by atoms with E-state index in [1.165, 1.54) is 12.1 Å². The van der Waals surface area contributed by atoms with Gasteiger partial charge in [-0.2, -0.15) is 13.2 Å². The van der Waals surface area contributed by atoms with Crippen molar-refractivity contribution < 1.29 is 13.2 Å². The van der Waals surface area contributed by atoms with Gasteiger partial charge >= 0.3 is 6.18 Å². The molecule has 5 heteroatoms. The van der Waals surface area contributed by atoms with Crippen LogP contribution in [0.4, 0.5) is 13.2 Å². The van der Waals surface area contributed by atoms with Crippen molar-refractivity contribution in [2.45, 2.75) is 13.1 Å². The van der Waals surface area contributed by atoms with Gasteiger partial charge in [0.1, 0.15) is 5.71 Å². The number of benzene rings is 1. The molecule has 0 heterocycles. The van der Waals surface area contributed by atoms with Crippen molar-refractivity contribution in [3.8, 4) is 0 Å². The molecule has 1 rings (SSSR count). The fraction of sp³-hybridized carbons (Fsp3) is 0.182. The van der Waals surface area contributed by atoms with E-state index < -0.39 is 11.9 Å². The van der Waals surface area contributed by atoms with E-state index in [1.54, 1.807) is 12.1 Å². The number of hydrogen-bond acceptors (Lipinski definition) is 2. The Morgan fingerprint density at radius 1 is 1.25 bits per heavy atom. The summed E-state index contributed by atoms with van der Waals surface area (Å²) < 4.78 is 37.0. The van der Waals surface area contributed by atoms with Crippen LogP contribution in [0.1, 0.15) is 11.1 Å². The van der Waals surface area contributed by atoms with Gasteiger partial charge in [0, 0.05) is 11.8 Å². The maximum absolute atomic E-state index is 12.3. The highest BCUT2D eigenvalue weighted by atomic mass is 19.4. The third kappa shape index (κ3) is 2.62. The zero-order chi connectivity index (χ0) is 12.3. The van der Waals surface area contributed by atoms with E-state index in [9.17, 15) is 13.2 Å². The summed E-state index contributed by atoms with van der Waals surface area (Å²) in [6, 6.07) is 6.35. The average molecular weight is 228 g/mol. The average Bonchev–Trinajstić information content (AvgIpc) is 2.20. The maximum Gasteiger partial charge on any atom is 0.433 e. The number of nitrogens with two attached hydrogens (primary N) is 1. The smallest absolute Gasteiger partial charge is 0.404 e. The van der Waals surface area contributed by atoms with Gasteiger partial charge in [0.15, 0.2) is 0 Å². The van der Waals surface area contributed by atoms with Crippen LogP contribution in [-0.2, 0) is 0 Å². The number of rotatable bonds is 2. The first kappa shape index (κ1) is 12.3. The van der Waals surface area contributed by atoms with E-state index in [2.05, 4.69) is 0 Å².